The first-order chi connectivity index (χ1) is 9.41. The van der Waals surface area contributed by atoms with Gasteiger partial charge in [0.1, 0.15) is 6.04 Å². The molecule has 0 bridgehead atoms. The van der Waals surface area contributed by atoms with Gasteiger partial charge in [-0.15, -0.1) is 0 Å². The van der Waals surface area contributed by atoms with Gasteiger partial charge in [-0.2, -0.15) is 0 Å². The van der Waals surface area contributed by atoms with Gasteiger partial charge < -0.3 is 15.5 Å². The number of hydrogen-bond donors (Lipinski definition) is 1. The molecular weight excluding hydrogens is 254 g/mol. The fourth-order valence-electron chi connectivity index (χ4n) is 2.59. The number of likely N-dealkylation sites (N-methyl/N-ethyl adjacent to an activating group) is 1. The predicted octanol–water partition coefficient (Wildman–Crippen LogP) is 1.27. The Morgan fingerprint density at radius 1 is 1.35 bits per heavy atom. The zero-order chi connectivity index (χ0) is 14.9. The summed E-state index contributed by atoms with van der Waals surface area (Å²) in [5, 5.41) is 0. The van der Waals surface area contributed by atoms with Gasteiger partial charge in [0.15, 0.2) is 0 Å². The van der Waals surface area contributed by atoms with Crippen molar-refractivity contribution < 1.29 is 9.59 Å². The maximum atomic E-state index is 12.7. The van der Waals surface area contributed by atoms with Crippen LogP contribution in [0.25, 0.3) is 0 Å². The van der Waals surface area contributed by atoms with Crippen molar-refractivity contribution >= 4 is 17.5 Å². The van der Waals surface area contributed by atoms with Crippen molar-refractivity contribution in [2.45, 2.75) is 25.8 Å². The highest BCUT2D eigenvalue weighted by Gasteiger charge is 2.35. The second-order valence-corrected chi connectivity index (χ2v) is 5.46. The standard InChI is InChI=1S/C15H21N3O2/c1-10-6-7-11(16)9-12(10)14(19)18-8-4-5-13(18)15(20)17(2)3/h6-7,9,13H,4-5,8,16H2,1-3H3. The van der Waals surface area contributed by atoms with Crippen molar-refractivity contribution in [1.82, 2.24) is 9.80 Å². The number of amides is 2. The molecule has 2 rings (SSSR count). The van der Waals surface area contributed by atoms with Gasteiger partial charge >= 0.3 is 0 Å². The summed E-state index contributed by atoms with van der Waals surface area (Å²) in [5.74, 6) is -0.120. The van der Waals surface area contributed by atoms with Crippen molar-refractivity contribution in [3.63, 3.8) is 0 Å². The predicted molar refractivity (Wildman–Crippen MR) is 78.3 cm³/mol. The number of nitrogen functional groups attached to an aromatic ring is 1. The minimum atomic E-state index is -0.349. The van der Waals surface area contributed by atoms with E-state index in [1.807, 2.05) is 13.0 Å². The number of aryl methyl sites for hydroxylation is 1. The van der Waals surface area contributed by atoms with E-state index in [0.717, 1.165) is 18.4 Å². The summed E-state index contributed by atoms with van der Waals surface area (Å²) >= 11 is 0. The van der Waals surface area contributed by atoms with Gasteiger partial charge in [0.25, 0.3) is 5.91 Å². The third kappa shape index (κ3) is 2.61. The fraction of sp³-hybridized carbons (Fsp3) is 0.467. The smallest absolute Gasteiger partial charge is 0.254 e. The number of anilines is 1. The van der Waals surface area contributed by atoms with E-state index in [2.05, 4.69) is 0 Å². The minimum absolute atomic E-state index is 0.0163. The molecule has 5 nitrogen and oxygen atoms in total. The Labute approximate surface area is 119 Å². The first-order valence-corrected chi connectivity index (χ1v) is 6.80. The molecule has 1 atom stereocenters. The summed E-state index contributed by atoms with van der Waals surface area (Å²) in [6.07, 6.45) is 1.58. The molecule has 1 saturated heterocycles. The van der Waals surface area contributed by atoms with Crippen LogP contribution in [0.1, 0.15) is 28.8 Å². The maximum absolute atomic E-state index is 12.7. The first-order valence-electron chi connectivity index (χ1n) is 6.80. The minimum Gasteiger partial charge on any atom is -0.399 e. The molecule has 1 aromatic rings. The van der Waals surface area contributed by atoms with E-state index in [1.165, 1.54) is 0 Å². The van der Waals surface area contributed by atoms with Crippen LogP contribution >= 0.6 is 0 Å². The quantitative estimate of drug-likeness (QED) is 0.827. The molecule has 0 radical (unpaired) electrons. The Hall–Kier alpha value is -2.04. The van der Waals surface area contributed by atoms with Crippen LogP contribution < -0.4 is 5.73 Å². The zero-order valence-electron chi connectivity index (χ0n) is 12.2. The van der Waals surface area contributed by atoms with Gasteiger partial charge in [0, 0.05) is 31.9 Å². The van der Waals surface area contributed by atoms with E-state index in [4.69, 9.17) is 5.73 Å². The van der Waals surface area contributed by atoms with Gasteiger partial charge in [0.2, 0.25) is 5.91 Å². The second-order valence-electron chi connectivity index (χ2n) is 5.46. The topological polar surface area (TPSA) is 66.6 Å². The highest BCUT2D eigenvalue weighted by Crippen LogP contribution is 2.23. The van der Waals surface area contributed by atoms with E-state index in [-0.39, 0.29) is 17.9 Å². The van der Waals surface area contributed by atoms with Crippen molar-refractivity contribution in [2.24, 2.45) is 0 Å². The molecule has 1 aromatic carbocycles. The molecule has 5 heteroatoms. The average Bonchev–Trinajstić information content (AvgIpc) is 2.88. The Morgan fingerprint density at radius 2 is 2.05 bits per heavy atom. The summed E-state index contributed by atoms with van der Waals surface area (Å²) in [7, 11) is 3.43. The lowest BCUT2D eigenvalue weighted by Crippen LogP contribution is -2.45. The maximum Gasteiger partial charge on any atom is 0.254 e. The molecule has 108 valence electrons. The van der Waals surface area contributed by atoms with Crippen LogP contribution in [0.4, 0.5) is 5.69 Å². The van der Waals surface area contributed by atoms with Crippen LogP contribution in [0, 0.1) is 6.92 Å². The summed E-state index contributed by atoms with van der Waals surface area (Å²) in [4.78, 5) is 28.0. The molecule has 20 heavy (non-hydrogen) atoms. The number of likely N-dealkylation sites (tertiary alicyclic amines) is 1. The molecule has 1 heterocycles. The average molecular weight is 275 g/mol. The van der Waals surface area contributed by atoms with Gasteiger partial charge in [-0.1, -0.05) is 6.07 Å². The molecule has 2 amide bonds. The monoisotopic (exact) mass is 275 g/mol. The lowest BCUT2D eigenvalue weighted by Gasteiger charge is -2.26. The third-order valence-electron chi connectivity index (χ3n) is 3.73. The van der Waals surface area contributed by atoms with Crippen molar-refractivity contribution in [1.29, 1.82) is 0 Å². The van der Waals surface area contributed by atoms with Gasteiger partial charge in [-0.25, -0.2) is 0 Å². The van der Waals surface area contributed by atoms with Crippen LogP contribution in [0.3, 0.4) is 0 Å². The Bertz CT molecular complexity index is 540. The summed E-state index contributed by atoms with van der Waals surface area (Å²) in [5.41, 5.74) is 7.79. The molecule has 2 N–H and O–H groups in total. The van der Waals surface area contributed by atoms with E-state index in [9.17, 15) is 9.59 Å². The van der Waals surface area contributed by atoms with Crippen LogP contribution in [-0.4, -0.2) is 48.3 Å². The molecule has 1 unspecified atom stereocenters. The normalized spacial score (nSPS) is 18.1. The van der Waals surface area contributed by atoms with E-state index in [0.29, 0.717) is 17.8 Å². The van der Waals surface area contributed by atoms with Crippen LogP contribution in [-0.2, 0) is 4.79 Å². The number of rotatable bonds is 2. The third-order valence-corrected chi connectivity index (χ3v) is 3.73. The Kier molecular flexibility index (Phi) is 3.97. The number of nitrogens with zero attached hydrogens (tertiary/aromatic N) is 2. The molecule has 0 spiro atoms. The van der Waals surface area contributed by atoms with E-state index in [1.54, 1.807) is 36.0 Å². The summed E-state index contributed by atoms with van der Waals surface area (Å²) < 4.78 is 0. The number of carbonyl (C=O) groups excluding carboxylic acids is 2. The van der Waals surface area contributed by atoms with Crippen molar-refractivity contribution in [3.8, 4) is 0 Å². The molecule has 0 aromatic heterocycles. The Balaban J connectivity index is 2.28. The highest BCUT2D eigenvalue weighted by atomic mass is 16.2. The number of nitrogens with two attached hydrogens (primary N) is 1. The summed E-state index contributed by atoms with van der Waals surface area (Å²) in [6.45, 7) is 2.50. The van der Waals surface area contributed by atoms with E-state index >= 15 is 0 Å². The first kappa shape index (κ1) is 14.4. The Morgan fingerprint density at radius 3 is 2.70 bits per heavy atom. The van der Waals surface area contributed by atoms with Crippen LogP contribution in [0.15, 0.2) is 18.2 Å². The van der Waals surface area contributed by atoms with Gasteiger partial charge in [-0.3, -0.25) is 9.59 Å². The number of hydrogen-bond acceptors (Lipinski definition) is 3. The fourth-order valence-corrected chi connectivity index (χ4v) is 2.59. The molecule has 1 aliphatic heterocycles. The van der Waals surface area contributed by atoms with Crippen LogP contribution in [0.2, 0.25) is 0 Å². The van der Waals surface area contributed by atoms with Crippen LogP contribution in [0.5, 0.6) is 0 Å². The van der Waals surface area contributed by atoms with E-state index < -0.39 is 0 Å². The molecule has 1 aliphatic rings. The highest BCUT2D eigenvalue weighted by molar-refractivity contribution is 5.99. The molecule has 0 aliphatic carbocycles. The van der Waals surface area contributed by atoms with Gasteiger partial charge in [0.05, 0.1) is 0 Å². The summed E-state index contributed by atoms with van der Waals surface area (Å²) in [6, 6.07) is 4.95. The van der Waals surface area contributed by atoms with Gasteiger partial charge in [-0.05, 0) is 37.5 Å². The lowest BCUT2D eigenvalue weighted by molar-refractivity contribution is -0.132. The zero-order valence-corrected chi connectivity index (χ0v) is 12.2. The second kappa shape index (κ2) is 5.53. The molecular formula is C15H21N3O2. The number of benzene rings is 1. The lowest BCUT2D eigenvalue weighted by atomic mass is 10.1. The van der Waals surface area contributed by atoms with Crippen molar-refractivity contribution in [2.75, 3.05) is 26.4 Å². The number of carbonyl (C=O) groups is 2. The SMILES string of the molecule is Cc1ccc(N)cc1C(=O)N1CCCC1C(=O)N(C)C. The molecule has 0 saturated carbocycles. The van der Waals surface area contributed by atoms with Crippen molar-refractivity contribution in [3.05, 3.63) is 29.3 Å². The molecule has 1 fully saturated rings. The largest absolute Gasteiger partial charge is 0.399 e.